The molecule has 0 spiro atoms. The van der Waals surface area contributed by atoms with Gasteiger partial charge in [-0.2, -0.15) is 0 Å². The number of benzene rings is 2. The smallest absolute Gasteiger partial charge is 0.457 e. The van der Waals surface area contributed by atoms with Crippen LogP contribution >= 0.6 is 0 Å². The summed E-state index contributed by atoms with van der Waals surface area (Å²) in [6.45, 7) is 9.28. The van der Waals surface area contributed by atoms with E-state index < -0.39 is 11.5 Å². The molecule has 0 saturated carbocycles. The van der Waals surface area contributed by atoms with E-state index in [0.717, 1.165) is 17.5 Å². The summed E-state index contributed by atoms with van der Waals surface area (Å²) in [7, 11) is 1.31. The molecule has 1 saturated heterocycles. The molecule has 2 aromatic carbocycles. The lowest BCUT2D eigenvalue weighted by Gasteiger charge is -2.32. The maximum atomic E-state index is 12.9. The molecule has 0 radical (unpaired) electrons. The predicted molar refractivity (Wildman–Crippen MR) is 151 cm³/mol. The molecule has 0 bridgehead atoms. The number of aliphatic carboxylic acids is 1. The zero-order valence-electron chi connectivity index (χ0n) is 23.4. The van der Waals surface area contributed by atoms with E-state index in [0.29, 0.717) is 38.1 Å². The Kier molecular flexibility index (Phi) is 10.7. The van der Waals surface area contributed by atoms with Crippen LogP contribution in [0.1, 0.15) is 64.5 Å². The Morgan fingerprint density at radius 1 is 0.868 bits per heavy atom. The van der Waals surface area contributed by atoms with Gasteiger partial charge in [0.1, 0.15) is 0 Å². The standard InChI is InChI=1S/C30H42BNO6/c1-28(2)29(3,4)38-31(37-28)20-13-12-18-30(27(33)34,19-21-36-23-22-35-5)32-26(24-14-8-6-9-15-24)25-16-10-7-11-17-25/h6-11,14-17H,12-13,18-23H2,1-5H3,(H,33,34). The SMILES string of the molecule is COCCOCCC(CCCCB1OC(C)(C)C(C)(C)O1)(N=C(c1ccccc1)c1ccccc1)C(=O)O. The third kappa shape index (κ3) is 7.76. The van der Waals surface area contributed by atoms with Crippen LogP contribution in [0.2, 0.25) is 6.32 Å². The van der Waals surface area contributed by atoms with Crippen LogP contribution in [-0.2, 0) is 23.6 Å². The topological polar surface area (TPSA) is 86.6 Å². The van der Waals surface area contributed by atoms with Crippen LogP contribution in [0, 0.1) is 0 Å². The van der Waals surface area contributed by atoms with Crippen LogP contribution < -0.4 is 0 Å². The van der Waals surface area contributed by atoms with Gasteiger partial charge in [-0.05, 0) is 40.4 Å². The molecule has 206 valence electrons. The van der Waals surface area contributed by atoms with Gasteiger partial charge in [0.05, 0.1) is 30.1 Å². The van der Waals surface area contributed by atoms with E-state index in [2.05, 4.69) is 0 Å². The molecule has 8 heteroatoms. The largest absolute Gasteiger partial charge is 0.479 e. The first kappa shape index (κ1) is 30.0. The minimum absolute atomic E-state index is 0.256. The molecule has 1 atom stereocenters. The Hall–Kier alpha value is -2.52. The molecule has 1 aliphatic heterocycles. The number of carboxylic acids is 1. The molecule has 1 aliphatic rings. The molecule has 0 amide bonds. The molecule has 1 N–H and O–H groups in total. The highest BCUT2D eigenvalue weighted by Gasteiger charge is 2.50. The van der Waals surface area contributed by atoms with Gasteiger partial charge in [-0.25, -0.2) is 4.79 Å². The van der Waals surface area contributed by atoms with Crippen molar-refractivity contribution in [2.24, 2.45) is 4.99 Å². The van der Waals surface area contributed by atoms with Gasteiger partial charge < -0.3 is 23.9 Å². The number of nitrogens with zero attached hydrogens (tertiary/aromatic N) is 1. The van der Waals surface area contributed by atoms with Crippen LogP contribution in [-0.4, -0.2) is 67.6 Å². The first-order chi connectivity index (χ1) is 18.1. The zero-order chi connectivity index (χ0) is 27.7. The molecular formula is C30H42BNO6. The highest BCUT2D eigenvalue weighted by Crippen LogP contribution is 2.38. The average molecular weight is 523 g/mol. The summed E-state index contributed by atoms with van der Waals surface area (Å²) in [6.07, 6.45) is 2.75. The fraction of sp³-hybridized carbons (Fsp3) is 0.533. The summed E-state index contributed by atoms with van der Waals surface area (Å²) in [6, 6.07) is 19.5. The lowest BCUT2D eigenvalue weighted by molar-refractivity contribution is -0.144. The van der Waals surface area contributed by atoms with E-state index in [1.54, 1.807) is 7.11 Å². The fourth-order valence-electron chi connectivity index (χ4n) is 4.50. The molecule has 38 heavy (non-hydrogen) atoms. The quantitative estimate of drug-likeness (QED) is 0.184. The molecule has 3 rings (SSSR count). The van der Waals surface area contributed by atoms with Crippen LogP contribution in [0.25, 0.3) is 0 Å². The predicted octanol–water partition coefficient (Wildman–Crippen LogP) is 5.66. The Labute approximate surface area is 227 Å². The normalized spacial score (nSPS) is 17.7. The van der Waals surface area contributed by atoms with Gasteiger partial charge in [-0.3, -0.25) is 4.99 Å². The monoisotopic (exact) mass is 523 g/mol. The van der Waals surface area contributed by atoms with Crippen molar-refractivity contribution < 1.29 is 28.7 Å². The van der Waals surface area contributed by atoms with Gasteiger partial charge in [0.15, 0.2) is 5.54 Å². The highest BCUT2D eigenvalue weighted by atomic mass is 16.7. The number of hydrogen-bond acceptors (Lipinski definition) is 6. The van der Waals surface area contributed by atoms with Crippen LogP contribution in [0.15, 0.2) is 65.7 Å². The van der Waals surface area contributed by atoms with Crippen molar-refractivity contribution in [3.63, 3.8) is 0 Å². The molecule has 0 aliphatic carbocycles. The van der Waals surface area contributed by atoms with E-state index in [9.17, 15) is 9.90 Å². The third-order valence-corrected chi connectivity index (χ3v) is 7.49. The lowest BCUT2D eigenvalue weighted by Crippen LogP contribution is -2.41. The van der Waals surface area contributed by atoms with Crippen LogP contribution in [0.5, 0.6) is 0 Å². The number of carboxylic acid groups (broad SMARTS) is 1. The fourth-order valence-corrected chi connectivity index (χ4v) is 4.50. The average Bonchev–Trinajstić information content (AvgIpc) is 3.11. The van der Waals surface area contributed by atoms with Crippen molar-refractivity contribution in [3.05, 3.63) is 71.8 Å². The van der Waals surface area contributed by atoms with E-state index in [1.165, 1.54) is 0 Å². The van der Waals surface area contributed by atoms with Crippen molar-refractivity contribution in [3.8, 4) is 0 Å². The van der Waals surface area contributed by atoms with Crippen LogP contribution in [0.3, 0.4) is 0 Å². The Balaban J connectivity index is 1.84. The van der Waals surface area contributed by atoms with Crippen LogP contribution in [0.4, 0.5) is 0 Å². The van der Waals surface area contributed by atoms with E-state index in [-0.39, 0.29) is 31.3 Å². The van der Waals surface area contributed by atoms with E-state index in [4.69, 9.17) is 23.8 Å². The molecule has 1 heterocycles. The van der Waals surface area contributed by atoms with Gasteiger partial charge in [0.2, 0.25) is 0 Å². The van der Waals surface area contributed by atoms with Crippen molar-refractivity contribution in [1.82, 2.24) is 0 Å². The summed E-state index contributed by atoms with van der Waals surface area (Å²) in [5, 5.41) is 10.6. The maximum Gasteiger partial charge on any atom is 0.457 e. The van der Waals surface area contributed by atoms with Crippen molar-refractivity contribution in [2.45, 2.75) is 76.4 Å². The third-order valence-electron chi connectivity index (χ3n) is 7.49. The first-order valence-electron chi connectivity index (χ1n) is 13.5. The van der Waals surface area contributed by atoms with Crippen molar-refractivity contribution >= 4 is 18.8 Å². The number of methoxy groups -OCH3 is 1. The number of carbonyl (C=O) groups is 1. The summed E-state index contributed by atoms with van der Waals surface area (Å²) in [5.74, 6) is -0.951. The Bertz CT molecular complexity index is 986. The molecule has 1 fully saturated rings. The number of hydrogen-bond donors (Lipinski definition) is 1. The summed E-state index contributed by atoms with van der Waals surface area (Å²) >= 11 is 0. The van der Waals surface area contributed by atoms with Gasteiger partial charge in [-0.1, -0.05) is 73.5 Å². The van der Waals surface area contributed by atoms with E-state index >= 15 is 0 Å². The van der Waals surface area contributed by atoms with Gasteiger partial charge in [0.25, 0.3) is 0 Å². The minimum atomic E-state index is -1.34. The second-order valence-corrected chi connectivity index (χ2v) is 10.8. The molecule has 0 aromatic heterocycles. The summed E-state index contributed by atoms with van der Waals surface area (Å²) in [5.41, 5.74) is 0.309. The van der Waals surface area contributed by atoms with Crippen molar-refractivity contribution in [2.75, 3.05) is 26.9 Å². The first-order valence-corrected chi connectivity index (χ1v) is 13.5. The van der Waals surface area contributed by atoms with Gasteiger partial charge >= 0.3 is 13.1 Å². The molecule has 7 nitrogen and oxygen atoms in total. The second-order valence-electron chi connectivity index (χ2n) is 10.8. The molecule has 2 aromatic rings. The van der Waals surface area contributed by atoms with Crippen molar-refractivity contribution in [1.29, 1.82) is 0 Å². The maximum absolute atomic E-state index is 12.9. The lowest BCUT2D eigenvalue weighted by atomic mass is 9.80. The minimum Gasteiger partial charge on any atom is -0.479 e. The Morgan fingerprint density at radius 2 is 1.42 bits per heavy atom. The molecular weight excluding hydrogens is 481 g/mol. The molecule has 1 unspecified atom stereocenters. The number of aliphatic imine (C=N–C) groups is 1. The summed E-state index contributed by atoms with van der Waals surface area (Å²) < 4.78 is 23.0. The zero-order valence-corrected chi connectivity index (χ0v) is 23.4. The van der Waals surface area contributed by atoms with E-state index in [1.807, 2.05) is 88.4 Å². The second kappa shape index (κ2) is 13.5. The van der Waals surface area contributed by atoms with Gasteiger partial charge in [-0.15, -0.1) is 0 Å². The summed E-state index contributed by atoms with van der Waals surface area (Å²) in [4.78, 5) is 17.9. The number of rotatable bonds is 15. The Morgan fingerprint density at radius 3 is 1.92 bits per heavy atom. The number of unbranched alkanes of at least 4 members (excludes halogenated alkanes) is 1. The highest BCUT2D eigenvalue weighted by molar-refractivity contribution is 6.45. The van der Waals surface area contributed by atoms with Gasteiger partial charge in [0, 0.05) is 31.3 Å². The number of ether oxygens (including phenoxy) is 2.